The first-order valence-electron chi connectivity index (χ1n) is 11.1. The minimum absolute atomic E-state index is 0.237. The Balaban J connectivity index is 1.94. The highest BCUT2D eigenvalue weighted by atomic mass is 35.5. The van der Waals surface area contributed by atoms with Crippen LogP contribution >= 0.6 is 23.2 Å². The Morgan fingerprint density at radius 2 is 1.59 bits per heavy atom. The third-order valence-corrected chi connectivity index (χ3v) is 6.09. The Hall–Kier alpha value is -2.54. The third-order valence-electron chi connectivity index (χ3n) is 5.65. The summed E-state index contributed by atoms with van der Waals surface area (Å²) in [5.74, 6) is -0.597. The molecule has 0 bridgehead atoms. The van der Waals surface area contributed by atoms with E-state index in [1.54, 1.807) is 6.07 Å². The molecule has 2 unspecified atom stereocenters. The Morgan fingerprint density at radius 1 is 0.971 bits per heavy atom. The van der Waals surface area contributed by atoms with E-state index in [9.17, 15) is 9.59 Å². The number of hydrogen-bond donors (Lipinski definition) is 1. The van der Waals surface area contributed by atoms with E-state index in [0.29, 0.717) is 29.4 Å². The maximum atomic E-state index is 12.7. The first-order valence-corrected chi connectivity index (χ1v) is 11.9. The van der Waals surface area contributed by atoms with Crippen LogP contribution in [0.2, 0.25) is 10.0 Å². The summed E-state index contributed by atoms with van der Waals surface area (Å²) in [5.41, 5.74) is 2.94. The van der Waals surface area contributed by atoms with E-state index in [1.807, 2.05) is 56.4 Å². The van der Waals surface area contributed by atoms with E-state index in [0.717, 1.165) is 22.0 Å². The zero-order valence-electron chi connectivity index (χ0n) is 19.8. The Morgan fingerprint density at radius 3 is 2.21 bits per heavy atom. The monoisotopic (exact) mass is 504 g/mol. The fourth-order valence-corrected chi connectivity index (χ4v) is 4.75. The molecule has 0 amide bonds. The van der Waals surface area contributed by atoms with Gasteiger partial charge in [-0.1, -0.05) is 55.2 Å². The standard InChI is InChI=1S/C26H30Cl2N2O4/c1-16(2)9-22(25(31)33-3)29-23(26(32)34-4)12-18-15-30(24-8-6-5-7-21(18)24)14-17-10-19(27)13-20(28)11-17/h5-8,10-11,13,15-16,22-23,29H,9,12,14H2,1-4H3. The number of ether oxygens (including phenoxy) is 2. The number of nitrogens with zero attached hydrogens (tertiary/aromatic N) is 1. The lowest BCUT2D eigenvalue weighted by Gasteiger charge is -2.23. The molecule has 2 atom stereocenters. The van der Waals surface area contributed by atoms with Crippen molar-refractivity contribution < 1.29 is 19.1 Å². The van der Waals surface area contributed by atoms with Crippen LogP contribution in [0.15, 0.2) is 48.7 Å². The number of carbonyl (C=O) groups is 2. The fraction of sp³-hybridized carbons (Fsp3) is 0.385. The maximum absolute atomic E-state index is 12.7. The molecule has 0 saturated carbocycles. The second kappa shape index (κ2) is 11.7. The average Bonchev–Trinajstić information content (AvgIpc) is 3.13. The third kappa shape index (κ3) is 6.53. The highest BCUT2D eigenvalue weighted by Gasteiger charge is 2.29. The summed E-state index contributed by atoms with van der Waals surface area (Å²) in [5, 5.41) is 5.35. The molecule has 3 rings (SSSR count). The van der Waals surface area contributed by atoms with E-state index in [4.69, 9.17) is 32.7 Å². The van der Waals surface area contributed by atoms with Crippen LogP contribution < -0.4 is 5.32 Å². The van der Waals surface area contributed by atoms with Crippen molar-refractivity contribution in [2.24, 2.45) is 5.92 Å². The molecule has 1 aromatic heterocycles. The summed E-state index contributed by atoms with van der Waals surface area (Å²) < 4.78 is 12.1. The zero-order valence-corrected chi connectivity index (χ0v) is 21.3. The van der Waals surface area contributed by atoms with E-state index in [2.05, 4.69) is 9.88 Å². The van der Waals surface area contributed by atoms with E-state index < -0.39 is 24.0 Å². The number of carbonyl (C=O) groups excluding carboxylic acids is 2. The largest absolute Gasteiger partial charge is 0.468 e. The van der Waals surface area contributed by atoms with E-state index >= 15 is 0 Å². The molecule has 0 aliphatic rings. The minimum Gasteiger partial charge on any atom is -0.468 e. The number of rotatable bonds is 10. The molecule has 34 heavy (non-hydrogen) atoms. The van der Waals surface area contributed by atoms with Gasteiger partial charge in [0.15, 0.2) is 0 Å². The van der Waals surface area contributed by atoms with Gasteiger partial charge in [-0.3, -0.25) is 14.9 Å². The van der Waals surface area contributed by atoms with Gasteiger partial charge in [-0.15, -0.1) is 0 Å². The molecule has 6 nitrogen and oxygen atoms in total. The summed E-state index contributed by atoms with van der Waals surface area (Å²) in [7, 11) is 2.69. The molecular weight excluding hydrogens is 475 g/mol. The molecule has 1 heterocycles. The van der Waals surface area contributed by atoms with Crippen molar-refractivity contribution in [1.82, 2.24) is 9.88 Å². The van der Waals surface area contributed by atoms with Crippen molar-refractivity contribution >= 4 is 46.0 Å². The first kappa shape index (κ1) is 26.1. The van der Waals surface area contributed by atoms with Crippen LogP contribution in [0.3, 0.4) is 0 Å². The lowest BCUT2D eigenvalue weighted by molar-refractivity contribution is -0.146. The van der Waals surface area contributed by atoms with Gasteiger partial charge in [0, 0.05) is 40.1 Å². The maximum Gasteiger partial charge on any atom is 0.323 e. The predicted octanol–water partition coefficient (Wildman–Crippen LogP) is 5.26. The van der Waals surface area contributed by atoms with Crippen LogP contribution in [0.1, 0.15) is 31.4 Å². The molecule has 0 aliphatic heterocycles. The lowest BCUT2D eigenvalue weighted by atomic mass is 10.00. The Bertz CT molecular complexity index is 1140. The molecule has 0 radical (unpaired) electrons. The van der Waals surface area contributed by atoms with Gasteiger partial charge in [-0.05, 0) is 47.7 Å². The van der Waals surface area contributed by atoms with Crippen molar-refractivity contribution in [2.45, 2.75) is 45.3 Å². The quantitative estimate of drug-likeness (QED) is 0.381. The summed E-state index contributed by atoms with van der Waals surface area (Å²) in [4.78, 5) is 25.0. The summed E-state index contributed by atoms with van der Waals surface area (Å²) in [6.07, 6.45) is 2.91. The van der Waals surface area contributed by atoms with Crippen LogP contribution in [0.25, 0.3) is 10.9 Å². The van der Waals surface area contributed by atoms with Crippen molar-refractivity contribution in [3.05, 3.63) is 69.8 Å². The number of benzene rings is 2. The van der Waals surface area contributed by atoms with Crippen molar-refractivity contribution in [1.29, 1.82) is 0 Å². The number of hydrogen-bond acceptors (Lipinski definition) is 5. The van der Waals surface area contributed by atoms with Crippen LogP contribution in [0.4, 0.5) is 0 Å². The van der Waals surface area contributed by atoms with Gasteiger partial charge in [-0.25, -0.2) is 0 Å². The van der Waals surface area contributed by atoms with Crippen LogP contribution in [-0.4, -0.2) is 42.8 Å². The van der Waals surface area contributed by atoms with Gasteiger partial charge in [0.25, 0.3) is 0 Å². The Kier molecular flexibility index (Phi) is 9.00. The summed E-state index contributed by atoms with van der Waals surface area (Å²) in [6, 6.07) is 12.1. The minimum atomic E-state index is -0.715. The van der Waals surface area contributed by atoms with Crippen molar-refractivity contribution in [3.63, 3.8) is 0 Å². The zero-order chi connectivity index (χ0) is 24.8. The second-order valence-electron chi connectivity index (χ2n) is 8.73. The van der Waals surface area contributed by atoms with Crippen LogP contribution in [0.5, 0.6) is 0 Å². The van der Waals surface area contributed by atoms with Crippen molar-refractivity contribution in [2.75, 3.05) is 14.2 Å². The Labute approximate surface area is 210 Å². The number of aromatic nitrogens is 1. The van der Waals surface area contributed by atoms with Crippen molar-refractivity contribution in [3.8, 4) is 0 Å². The molecule has 1 N–H and O–H groups in total. The van der Waals surface area contributed by atoms with Crippen LogP contribution in [-0.2, 0) is 32.0 Å². The smallest absolute Gasteiger partial charge is 0.323 e. The molecule has 0 saturated heterocycles. The number of fused-ring (bicyclic) bond motifs is 1. The van der Waals surface area contributed by atoms with Crippen LogP contribution in [0, 0.1) is 5.92 Å². The van der Waals surface area contributed by atoms with Gasteiger partial charge in [0.2, 0.25) is 0 Å². The first-order chi connectivity index (χ1) is 16.2. The van der Waals surface area contributed by atoms with E-state index in [1.165, 1.54) is 14.2 Å². The molecule has 8 heteroatoms. The number of nitrogens with one attached hydrogen (secondary N) is 1. The second-order valence-corrected chi connectivity index (χ2v) is 9.60. The molecule has 0 fully saturated rings. The van der Waals surface area contributed by atoms with Gasteiger partial charge in [0.05, 0.1) is 14.2 Å². The fourth-order valence-electron chi connectivity index (χ4n) is 4.18. The molecule has 0 spiro atoms. The van der Waals surface area contributed by atoms with Gasteiger partial charge < -0.3 is 14.0 Å². The molecular formula is C26H30Cl2N2O4. The van der Waals surface area contributed by atoms with E-state index in [-0.39, 0.29) is 5.92 Å². The van der Waals surface area contributed by atoms with Gasteiger partial charge in [-0.2, -0.15) is 0 Å². The number of halogens is 2. The normalized spacial score (nSPS) is 13.1. The summed E-state index contributed by atoms with van der Waals surface area (Å²) >= 11 is 12.4. The van der Waals surface area contributed by atoms with Gasteiger partial charge in [0.1, 0.15) is 12.1 Å². The SMILES string of the molecule is COC(=O)C(Cc1cn(Cc2cc(Cl)cc(Cl)c2)c2ccccc12)NC(CC(C)C)C(=O)OC. The molecule has 2 aromatic carbocycles. The number of esters is 2. The van der Waals surface area contributed by atoms with Gasteiger partial charge >= 0.3 is 11.9 Å². The summed E-state index contributed by atoms with van der Waals surface area (Å²) in [6.45, 7) is 4.59. The average molecular weight is 505 g/mol. The molecule has 182 valence electrons. The topological polar surface area (TPSA) is 69.6 Å². The molecule has 0 aliphatic carbocycles. The predicted molar refractivity (Wildman–Crippen MR) is 135 cm³/mol. The number of methoxy groups -OCH3 is 2. The molecule has 3 aromatic rings. The lowest BCUT2D eigenvalue weighted by Crippen LogP contribution is -2.49. The highest BCUT2D eigenvalue weighted by molar-refractivity contribution is 6.34. The highest BCUT2D eigenvalue weighted by Crippen LogP contribution is 2.26. The number of para-hydroxylation sites is 1.